The van der Waals surface area contributed by atoms with E-state index in [-0.39, 0.29) is 23.4 Å². The highest BCUT2D eigenvalue weighted by Gasteiger charge is 2.22. The number of hydrogen-bond donors (Lipinski definition) is 1. The summed E-state index contributed by atoms with van der Waals surface area (Å²) in [7, 11) is 0. The van der Waals surface area contributed by atoms with Crippen LogP contribution in [0.15, 0.2) is 6.20 Å². The predicted molar refractivity (Wildman–Crippen MR) is 76.1 cm³/mol. The first-order valence-corrected chi connectivity index (χ1v) is 6.97. The molecule has 0 bridgehead atoms. The summed E-state index contributed by atoms with van der Waals surface area (Å²) in [4.78, 5) is 16.1. The SMILES string of the molecule is CCOC(=O)c1nn(-c2nc(C(C)(C)C)ns2)cc1N. The van der Waals surface area contributed by atoms with Crippen molar-refractivity contribution in [1.82, 2.24) is 19.1 Å². The van der Waals surface area contributed by atoms with Gasteiger partial charge < -0.3 is 10.5 Å². The van der Waals surface area contributed by atoms with E-state index in [1.54, 1.807) is 13.1 Å². The van der Waals surface area contributed by atoms with Gasteiger partial charge in [0.05, 0.1) is 18.5 Å². The highest BCUT2D eigenvalue weighted by molar-refractivity contribution is 7.08. The largest absolute Gasteiger partial charge is 0.461 e. The van der Waals surface area contributed by atoms with Crippen molar-refractivity contribution in [2.45, 2.75) is 33.1 Å². The topological polar surface area (TPSA) is 95.9 Å². The Labute approximate surface area is 120 Å². The molecular formula is C12H17N5O2S. The quantitative estimate of drug-likeness (QED) is 0.867. The molecule has 2 aromatic rings. The Balaban J connectivity index is 2.33. The molecule has 0 spiro atoms. The van der Waals surface area contributed by atoms with Crippen LogP contribution < -0.4 is 5.73 Å². The summed E-state index contributed by atoms with van der Waals surface area (Å²) in [6.45, 7) is 8.09. The van der Waals surface area contributed by atoms with Crippen molar-refractivity contribution in [3.8, 4) is 5.13 Å². The molecule has 0 aromatic carbocycles. The molecule has 2 aromatic heterocycles. The minimum atomic E-state index is -0.538. The number of aromatic nitrogens is 4. The molecule has 0 aliphatic heterocycles. The van der Waals surface area contributed by atoms with Gasteiger partial charge in [-0.2, -0.15) is 9.47 Å². The molecule has 0 saturated heterocycles. The Bertz CT molecular complexity index is 626. The lowest BCUT2D eigenvalue weighted by molar-refractivity contribution is 0.0520. The summed E-state index contributed by atoms with van der Waals surface area (Å²) in [6, 6.07) is 0. The molecule has 0 aliphatic rings. The van der Waals surface area contributed by atoms with E-state index < -0.39 is 5.97 Å². The molecule has 0 atom stereocenters. The minimum Gasteiger partial charge on any atom is -0.461 e. The van der Waals surface area contributed by atoms with Crippen molar-refractivity contribution in [1.29, 1.82) is 0 Å². The molecule has 0 saturated carbocycles. The first-order valence-electron chi connectivity index (χ1n) is 6.19. The first kappa shape index (κ1) is 14.4. The fourth-order valence-corrected chi connectivity index (χ4v) is 2.24. The Hall–Kier alpha value is -1.96. The van der Waals surface area contributed by atoms with Crippen molar-refractivity contribution < 1.29 is 9.53 Å². The van der Waals surface area contributed by atoms with Gasteiger partial charge in [0, 0.05) is 16.9 Å². The normalized spacial score (nSPS) is 11.6. The average Bonchev–Trinajstić information content (AvgIpc) is 2.94. The summed E-state index contributed by atoms with van der Waals surface area (Å²) in [5.74, 6) is 0.188. The molecule has 108 valence electrons. The van der Waals surface area contributed by atoms with Gasteiger partial charge in [-0.3, -0.25) is 0 Å². The average molecular weight is 295 g/mol. The van der Waals surface area contributed by atoms with Gasteiger partial charge in [0.25, 0.3) is 0 Å². The second kappa shape index (κ2) is 5.20. The third kappa shape index (κ3) is 2.79. The van der Waals surface area contributed by atoms with Crippen molar-refractivity contribution >= 4 is 23.2 Å². The molecule has 2 N–H and O–H groups in total. The summed E-state index contributed by atoms with van der Waals surface area (Å²) >= 11 is 1.21. The Morgan fingerprint density at radius 3 is 2.75 bits per heavy atom. The van der Waals surface area contributed by atoms with E-state index in [9.17, 15) is 4.79 Å². The standard InChI is InChI=1S/C12H17N5O2S/c1-5-19-9(18)8-7(13)6-17(15-8)11-14-10(16-20-11)12(2,3)4/h6H,5,13H2,1-4H3. The van der Waals surface area contributed by atoms with Crippen molar-refractivity contribution in [2.75, 3.05) is 12.3 Å². The lowest BCUT2D eigenvalue weighted by atomic mass is 9.96. The van der Waals surface area contributed by atoms with E-state index in [4.69, 9.17) is 10.5 Å². The Morgan fingerprint density at radius 1 is 1.50 bits per heavy atom. The summed E-state index contributed by atoms with van der Waals surface area (Å²) in [5, 5.41) is 4.69. The number of nitrogens with two attached hydrogens (primary N) is 1. The summed E-state index contributed by atoms with van der Waals surface area (Å²) < 4.78 is 10.6. The number of nitrogen functional groups attached to an aromatic ring is 1. The number of nitrogens with zero attached hydrogens (tertiary/aromatic N) is 4. The van der Waals surface area contributed by atoms with E-state index in [1.165, 1.54) is 16.2 Å². The number of hydrogen-bond acceptors (Lipinski definition) is 7. The van der Waals surface area contributed by atoms with E-state index in [2.05, 4.69) is 14.5 Å². The van der Waals surface area contributed by atoms with Crippen molar-refractivity contribution in [3.05, 3.63) is 17.7 Å². The number of anilines is 1. The monoisotopic (exact) mass is 295 g/mol. The van der Waals surface area contributed by atoms with Gasteiger partial charge in [0.2, 0.25) is 5.13 Å². The van der Waals surface area contributed by atoms with Crippen molar-refractivity contribution in [2.24, 2.45) is 0 Å². The zero-order chi connectivity index (χ0) is 14.9. The zero-order valence-corrected chi connectivity index (χ0v) is 12.7. The summed E-state index contributed by atoms with van der Waals surface area (Å²) in [6.07, 6.45) is 1.54. The molecule has 8 heteroatoms. The third-order valence-electron chi connectivity index (χ3n) is 2.49. The van der Waals surface area contributed by atoms with Gasteiger partial charge in [0.1, 0.15) is 5.82 Å². The van der Waals surface area contributed by atoms with E-state index in [0.717, 1.165) is 5.82 Å². The molecule has 0 radical (unpaired) electrons. The molecule has 2 rings (SSSR count). The molecule has 7 nitrogen and oxygen atoms in total. The predicted octanol–water partition coefficient (Wildman–Crippen LogP) is 1.78. The molecule has 2 heterocycles. The highest BCUT2D eigenvalue weighted by Crippen LogP contribution is 2.23. The molecule has 20 heavy (non-hydrogen) atoms. The van der Waals surface area contributed by atoms with Crippen LogP contribution in [0.3, 0.4) is 0 Å². The molecule has 0 amide bonds. The number of carbonyl (C=O) groups is 1. The summed E-state index contributed by atoms with van der Waals surface area (Å²) in [5.41, 5.74) is 5.99. The van der Waals surface area contributed by atoms with E-state index >= 15 is 0 Å². The fourth-order valence-electron chi connectivity index (χ4n) is 1.46. The van der Waals surface area contributed by atoms with E-state index in [0.29, 0.717) is 5.13 Å². The van der Waals surface area contributed by atoms with Crippen LogP contribution in [0.25, 0.3) is 5.13 Å². The number of esters is 1. The number of rotatable bonds is 3. The van der Waals surface area contributed by atoms with Gasteiger partial charge in [0.15, 0.2) is 5.69 Å². The lowest BCUT2D eigenvalue weighted by Crippen LogP contribution is -2.13. The maximum atomic E-state index is 11.7. The van der Waals surface area contributed by atoms with Gasteiger partial charge >= 0.3 is 5.97 Å². The van der Waals surface area contributed by atoms with Crippen molar-refractivity contribution in [3.63, 3.8) is 0 Å². The van der Waals surface area contributed by atoms with Gasteiger partial charge in [-0.15, -0.1) is 0 Å². The Morgan fingerprint density at radius 2 is 2.20 bits per heavy atom. The molecular weight excluding hydrogens is 278 g/mol. The molecule has 0 fully saturated rings. The lowest BCUT2D eigenvalue weighted by Gasteiger charge is -2.11. The van der Waals surface area contributed by atoms with Crippen LogP contribution in [0.4, 0.5) is 5.69 Å². The molecule has 0 unspecified atom stereocenters. The van der Waals surface area contributed by atoms with Gasteiger partial charge in [-0.25, -0.2) is 14.5 Å². The maximum Gasteiger partial charge on any atom is 0.361 e. The van der Waals surface area contributed by atoms with Crippen LogP contribution in [-0.2, 0) is 10.2 Å². The maximum absolute atomic E-state index is 11.7. The van der Waals surface area contributed by atoms with Crippen LogP contribution in [0.1, 0.15) is 44.0 Å². The van der Waals surface area contributed by atoms with Crippen LogP contribution in [0, 0.1) is 0 Å². The minimum absolute atomic E-state index is 0.0966. The van der Waals surface area contributed by atoms with Crippen LogP contribution in [0.2, 0.25) is 0 Å². The third-order valence-corrected chi connectivity index (χ3v) is 3.20. The smallest absolute Gasteiger partial charge is 0.361 e. The fraction of sp³-hybridized carbons (Fsp3) is 0.500. The number of carbonyl (C=O) groups excluding carboxylic acids is 1. The molecule has 0 aliphatic carbocycles. The Kier molecular flexibility index (Phi) is 3.76. The van der Waals surface area contributed by atoms with Gasteiger partial charge in [-0.1, -0.05) is 20.8 Å². The first-order chi connectivity index (χ1) is 9.32. The van der Waals surface area contributed by atoms with Crippen LogP contribution in [0.5, 0.6) is 0 Å². The van der Waals surface area contributed by atoms with Crippen LogP contribution >= 0.6 is 11.5 Å². The van der Waals surface area contributed by atoms with Crippen LogP contribution in [-0.4, -0.2) is 31.7 Å². The number of ether oxygens (including phenoxy) is 1. The second-order valence-electron chi connectivity index (χ2n) is 5.25. The second-order valence-corrected chi connectivity index (χ2v) is 5.98. The zero-order valence-electron chi connectivity index (χ0n) is 11.9. The van der Waals surface area contributed by atoms with Gasteiger partial charge in [-0.05, 0) is 6.92 Å². The van der Waals surface area contributed by atoms with E-state index in [1.807, 2.05) is 20.8 Å². The highest BCUT2D eigenvalue weighted by atomic mass is 32.1.